The molecule has 0 aliphatic carbocycles. The maximum absolute atomic E-state index is 9.20. The fourth-order valence-corrected chi connectivity index (χ4v) is 1.92. The molecule has 0 fully saturated rings. The Morgan fingerprint density at radius 2 is 2.06 bits per heavy atom. The van der Waals surface area contributed by atoms with Crippen LogP contribution in [0.15, 0.2) is 6.07 Å². The van der Waals surface area contributed by atoms with Crippen molar-refractivity contribution in [2.75, 3.05) is 11.4 Å². The molecule has 86 valence electrons. The van der Waals surface area contributed by atoms with Crippen LogP contribution < -0.4 is 4.90 Å². The predicted molar refractivity (Wildman–Crippen MR) is 66.6 cm³/mol. The van der Waals surface area contributed by atoms with Crippen molar-refractivity contribution in [1.29, 1.82) is 5.26 Å². The second kappa shape index (κ2) is 4.98. The van der Waals surface area contributed by atoms with Gasteiger partial charge in [0.05, 0.1) is 5.56 Å². The molecule has 0 aliphatic rings. The summed E-state index contributed by atoms with van der Waals surface area (Å²) in [4.78, 5) is 6.65. The number of nitrogens with zero attached hydrogens (tertiary/aromatic N) is 3. The SMILES string of the molecule is CCN(c1nc(C)cc(C)c1C#N)C(C)C. The molecule has 0 amide bonds. The molecule has 0 saturated carbocycles. The minimum absolute atomic E-state index is 0.353. The minimum Gasteiger partial charge on any atom is -0.353 e. The number of aromatic nitrogens is 1. The zero-order valence-electron chi connectivity index (χ0n) is 10.7. The Morgan fingerprint density at radius 1 is 1.44 bits per heavy atom. The Bertz CT molecular complexity index is 416. The lowest BCUT2D eigenvalue weighted by Crippen LogP contribution is -2.32. The van der Waals surface area contributed by atoms with Gasteiger partial charge in [-0.1, -0.05) is 0 Å². The number of nitriles is 1. The highest BCUT2D eigenvalue weighted by molar-refractivity contribution is 5.58. The molecule has 0 atom stereocenters. The lowest BCUT2D eigenvalue weighted by molar-refractivity contribution is 0.690. The maximum atomic E-state index is 9.20. The number of pyridine rings is 1. The predicted octanol–water partition coefficient (Wildman–Crippen LogP) is 2.80. The van der Waals surface area contributed by atoms with Gasteiger partial charge in [0.2, 0.25) is 0 Å². The van der Waals surface area contributed by atoms with Gasteiger partial charge in [-0.2, -0.15) is 5.26 Å². The summed E-state index contributed by atoms with van der Waals surface area (Å²) < 4.78 is 0. The summed E-state index contributed by atoms with van der Waals surface area (Å²) in [6.07, 6.45) is 0. The van der Waals surface area contributed by atoms with E-state index in [0.29, 0.717) is 11.6 Å². The van der Waals surface area contributed by atoms with Gasteiger partial charge in [0.25, 0.3) is 0 Å². The molecule has 0 unspecified atom stereocenters. The lowest BCUT2D eigenvalue weighted by Gasteiger charge is -2.27. The summed E-state index contributed by atoms with van der Waals surface area (Å²) in [5, 5.41) is 9.20. The van der Waals surface area contributed by atoms with Crippen LogP contribution in [0.25, 0.3) is 0 Å². The molecular formula is C13H19N3. The van der Waals surface area contributed by atoms with Gasteiger partial charge in [0, 0.05) is 18.3 Å². The van der Waals surface area contributed by atoms with E-state index >= 15 is 0 Å². The third-order valence-corrected chi connectivity index (χ3v) is 2.67. The van der Waals surface area contributed by atoms with Crippen molar-refractivity contribution in [3.8, 4) is 6.07 Å². The zero-order valence-corrected chi connectivity index (χ0v) is 10.7. The summed E-state index contributed by atoms with van der Waals surface area (Å²) in [7, 11) is 0. The molecule has 0 N–H and O–H groups in total. The summed E-state index contributed by atoms with van der Waals surface area (Å²) in [5.41, 5.74) is 2.66. The van der Waals surface area contributed by atoms with Crippen LogP contribution in [0, 0.1) is 25.2 Å². The molecule has 0 saturated heterocycles. The molecule has 3 nitrogen and oxygen atoms in total. The van der Waals surface area contributed by atoms with Crippen molar-refractivity contribution < 1.29 is 0 Å². The summed E-state index contributed by atoms with van der Waals surface area (Å²) in [6, 6.07) is 4.56. The van der Waals surface area contributed by atoms with Gasteiger partial charge < -0.3 is 4.90 Å². The number of anilines is 1. The van der Waals surface area contributed by atoms with Gasteiger partial charge in [0.1, 0.15) is 11.9 Å². The standard InChI is InChI=1S/C13H19N3/c1-6-16(9(2)3)13-12(8-14)10(4)7-11(5)15-13/h7,9H,6H2,1-5H3. The van der Waals surface area contributed by atoms with E-state index in [-0.39, 0.29) is 0 Å². The molecule has 0 bridgehead atoms. The molecule has 1 aromatic rings. The van der Waals surface area contributed by atoms with E-state index in [1.165, 1.54) is 0 Å². The largest absolute Gasteiger partial charge is 0.353 e. The molecule has 1 rings (SSSR count). The maximum Gasteiger partial charge on any atom is 0.147 e. The Hall–Kier alpha value is -1.56. The summed E-state index contributed by atoms with van der Waals surface area (Å²) >= 11 is 0. The van der Waals surface area contributed by atoms with E-state index in [1.807, 2.05) is 19.9 Å². The molecule has 1 aromatic heterocycles. The van der Waals surface area contributed by atoms with E-state index in [4.69, 9.17) is 0 Å². The number of hydrogen-bond donors (Lipinski definition) is 0. The summed E-state index contributed by atoms with van der Waals surface area (Å²) in [6.45, 7) is 11.1. The van der Waals surface area contributed by atoms with Crippen LogP contribution >= 0.6 is 0 Å². The van der Waals surface area contributed by atoms with Crippen LogP contribution in [-0.4, -0.2) is 17.6 Å². The quantitative estimate of drug-likeness (QED) is 0.781. The molecule has 1 heterocycles. The summed E-state index contributed by atoms with van der Waals surface area (Å²) in [5.74, 6) is 0.817. The van der Waals surface area contributed by atoms with Gasteiger partial charge >= 0.3 is 0 Å². The van der Waals surface area contributed by atoms with Crippen molar-refractivity contribution in [2.45, 2.75) is 40.7 Å². The Morgan fingerprint density at radius 3 is 2.50 bits per heavy atom. The zero-order chi connectivity index (χ0) is 12.3. The van der Waals surface area contributed by atoms with Crippen LogP contribution in [0.3, 0.4) is 0 Å². The van der Waals surface area contributed by atoms with E-state index in [1.54, 1.807) is 0 Å². The fraction of sp³-hybridized carbons (Fsp3) is 0.538. The molecular weight excluding hydrogens is 198 g/mol. The highest BCUT2D eigenvalue weighted by Crippen LogP contribution is 2.23. The van der Waals surface area contributed by atoms with Crippen LogP contribution in [0.5, 0.6) is 0 Å². The van der Waals surface area contributed by atoms with Gasteiger partial charge in [-0.3, -0.25) is 0 Å². The molecule has 0 aromatic carbocycles. The normalized spacial score (nSPS) is 10.3. The van der Waals surface area contributed by atoms with Crippen molar-refractivity contribution in [3.63, 3.8) is 0 Å². The highest BCUT2D eigenvalue weighted by Gasteiger charge is 2.16. The number of rotatable bonds is 3. The second-order valence-electron chi connectivity index (χ2n) is 4.27. The molecule has 0 radical (unpaired) electrons. The lowest BCUT2D eigenvalue weighted by atomic mass is 10.1. The Kier molecular flexibility index (Phi) is 3.89. The molecule has 16 heavy (non-hydrogen) atoms. The topological polar surface area (TPSA) is 39.9 Å². The Labute approximate surface area is 97.7 Å². The third-order valence-electron chi connectivity index (χ3n) is 2.67. The van der Waals surface area contributed by atoms with E-state index < -0.39 is 0 Å². The first-order valence-corrected chi connectivity index (χ1v) is 5.66. The second-order valence-corrected chi connectivity index (χ2v) is 4.27. The number of aryl methyl sites for hydroxylation is 2. The van der Waals surface area contributed by atoms with E-state index in [2.05, 4.69) is 36.7 Å². The van der Waals surface area contributed by atoms with Crippen molar-refractivity contribution in [2.24, 2.45) is 0 Å². The van der Waals surface area contributed by atoms with Crippen molar-refractivity contribution in [1.82, 2.24) is 4.98 Å². The van der Waals surface area contributed by atoms with Crippen LogP contribution in [-0.2, 0) is 0 Å². The first kappa shape index (κ1) is 12.5. The van der Waals surface area contributed by atoms with Gasteiger partial charge in [-0.05, 0) is 46.2 Å². The Balaban J connectivity index is 3.36. The first-order valence-electron chi connectivity index (χ1n) is 5.66. The van der Waals surface area contributed by atoms with Gasteiger partial charge in [-0.25, -0.2) is 4.98 Å². The van der Waals surface area contributed by atoms with E-state index in [0.717, 1.165) is 23.6 Å². The average molecular weight is 217 g/mol. The molecule has 0 aliphatic heterocycles. The minimum atomic E-state index is 0.353. The fourth-order valence-electron chi connectivity index (χ4n) is 1.92. The average Bonchev–Trinajstić information content (AvgIpc) is 2.17. The number of hydrogen-bond acceptors (Lipinski definition) is 3. The van der Waals surface area contributed by atoms with Crippen LogP contribution in [0.2, 0.25) is 0 Å². The van der Waals surface area contributed by atoms with Crippen LogP contribution in [0.4, 0.5) is 5.82 Å². The van der Waals surface area contributed by atoms with Crippen LogP contribution in [0.1, 0.15) is 37.6 Å². The monoisotopic (exact) mass is 217 g/mol. The van der Waals surface area contributed by atoms with Gasteiger partial charge in [0.15, 0.2) is 0 Å². The highest BCUT2D eigenvalue weighted by atomic mass is 15.2. The van der Waals surface area contributed by atoms with E-state index in [9.17, 15) is 5.26 Å². The van der Waals surface area contributed by atoms with Crippen molar-refractivity contribution >= 4 is 5.82 Å². The van der Waals surface area contributed by atoms with Gasteiger partial charge in [-0.15, -0.1) is 0 Å². The first-order chi connectivity index (χ1) is 7.51. The third kappa shape index (κ3) is 2.33. The molecule has 0 spiro atoms. The molecule has 3 heteroatoms. The smallest absolute Gasteiger partial charge is 0.147 e. The van der Waals surface area contributed by atoms with Crippen molar-refractivity contribution in [3.05, 3.63) is 22.9 Å².